The highest BCUT2D eigenvalue weighted by atomic mass is 32.1. The fraction of sp³-hybridized carbons (Fsp3) is 0.333. The summed E-state index contributed by atoms with van der Waals surface area (Å²) in [4.78, 5) is 26.0. The monoisotopic (exact) mass is 347 g/mol. The standard InChI is InChI=1S/C18H18FNO3S/c1-11(17(21)20-10-12-5-7-14(19)8-6-12)23-18(22)16-9-13-3-2-4-15(13)24-16/h5-9,11H,2-4,10H2,1H3,(H,20,21)/t11-/m0/s1. The van der Waals surface area contributed by atoms with Crippen molar-refractivity contribution in [2.75, 3.05) is 0 Å². The SMILES string of the molecule is C[C@H](OC(=O)c1cc2c(s1)CCC2)C(=O)NCc1ccc(F)cc1. The molecular formula is C18H18FNO3S. The van der Waals surface area contributed by atoms with Gasteiger partial charge in [-0.2, -0.15) is 0 Å². The van der Waals surface area contributed by atoms with Gasteiger partial charge < -0.3 is 10.1 Å². The van der Waals surface area contributed by atoms with Crippen LogP contribution in [0.4, 0.5) is 4.39 Å². The molecule has 0 saturated carbocycles. The summed E-state index contributed by atoms with van der Waals surface area (Å²) in [5, 5.41) is 2.68. The number of benzene rings is 1. The Bertz CT molecular complexity index is 733. The molecule has 0 radical (unpaired) electrons. The van der Waals surface area contributed by atoms with Crippen LogP contribution in [-0.4, -0.2) is 18.0 Å². The van der Waals surface area contributed by atoms with Crippen LogP contribution in [-0.2, 0) is 28.9 Å². The molecule has 1 aromatic heterocycles. The Morgan fingerprint density at radius 2 is 2.04 bits per heavy atom. The molecule has 3 rings (SSSR count). The molecule has 1 atom stereocenters. The van der Waals surface area contributed by atoms with Crippen LogP contribution < -0.4 is 5.32 Å². The number of carbonyl (C=O) groups is 2. The largest absolute Gasteiger partial charge is 0.448 e. The fourth-order valence-electron chi connectivity index (χ4n) is 2.64. The third-order valence-corrected chi connectivity index (χ3v) is 5.20. The Labute approximate surface area is 143 Å². The zero-order chi connectivity index (χ0) is 17.1. The summed E-state index contributed by atoms with van der Waals surface area (Å²) in [7, 11) is 0. The zero-order valence-corrected chi connectivity index (χ0v) is 14.1. The number of fused-ring (bicyclic) bond motifs is 1. The van der Waals surface area contributed by atoms with E-state index in [0.717, 1.165) is 24.8 Å². The van der Waals surface area contributed by atoms with Crippen molar-refractivity contribution in [3.63, 3.8) is 0 Å². The molecule has 4 nitrogen and oxygen atoms in total. The lowest BCUT2D eigenvalue weighted by molar-refractivity contribution is -0.129. The first-order valence-corrected chi connectivity index (χ1v) is 8.69. The average Bonchev–Trinajstić information content (AvgIpc) is 3.15. The number of ether oxygens (including phenoxy) is 1. The van der Waals surface area contributed by atoms with E-state index < -0.39 is 12.1 Å². The number of hydrogen-bond donors (Lipinski definition) is 1. The van der Waals surface area contributed by atoms with E-state index >= 15 is 0 Å². The van der Waals surface area contributed by atoms with E-state index in [9.17, 15) is 14.0 Å². The van der Waals surface area contributed by atoms with Gasteiger partial charge in [0.1, 0.15) is 10.7 Å². The van der Waals surface area contributed by atoms with Gasteiger partial charge in [-0.05, 0) is 55.5 Å². The molecule has 0 spiro atoms. The fourth-order valence-corrected chi connectivity index (χ4v) is 3.77. The molecule has 24 heavy (non-hydrogen) atoms. The van der Waals surface area contributed by atoms with Crippen LogP contribution in [0.1, 0.15) is 39.0 Å². The second-order valence-electron chi connectivity index (χ2n) is 5.80. The Morgan fingerprint density at radius 1 is 1.29 bits per heavy atom. The van der Waals surface area contributed by atoms with Gasteiger partial charge in [0.15, 0.2) is 6.10 Å². The summed E-state index contributed by atoms with van der Waals surface area (Å²) in [6, 6.07) is 7.74. The van der Waals surface area contributed by atoms with Crippen LogP contribution in [0.25, 0.3) is 0 Å². The molecule has 0 aliphatic heterocycles. The van der Waals surface area contributed by atoms with Crippen molar-refractivity contribution < 1.29 is 18.7 Å². The number of aryl methyl sites for hydroxylation is 2. The van der Waals surface area contributed by atoms with Crippen LogP contribution in [0, 0.1) is 5.82 Å². The minimum atomic E-state index is -0.880. The molecule has 2 aromatic rings. The summed E-state index contributed by atoms with van der Waals surface area (Å²) >= 11 is 1.45. The van der Waals surface area contributed by atoms with Crippen LogP contribution >= 0.6 is 11.3 Å². The maximum atomic E-state index is 12.8. The van der Waals surface area contributed by atoms with Gasteiger partial charge in [0.2, 0.25) is 0 Å². The summed E-state index contributed by atoms with van der Waals surface area (Å²) in [6.07, 6.45) is 2.28. The third-order valence-electron chi connectivity index (χ3n) is 3.98. The van der Waals surface area contributed by atoms with E-state index in [0.29, 0.717) is 4.88 Å². The zero-order valence-electron chi connectivity index (χ0n) is 13.3. The number of rotatable bonds is 5. The van der Waals surface area contributed by atoms with Crippen molar-refractivity contribution in [2.24, 2.45) is 0 Å². The van der Waals surface area contributed by atoms with E-state index in [4.69, 9.17) is 4.74 Å². The van der Waals surface area contributed by atoms with E-state index in [1.165, 1.54) is 33.9 Å². The number of nitrogens with one attached hydrogen (secondary N) is 1. The molecule has 1 aromatic carbocycles. The van der Waals surface area contributed by atoms with Crippen molar-refractivity contribution in [1.29, 1.82) is 0 Å². The highest BCUT2D eigenvalue weighted by Crippen LogP contribution is 2.31. The second-order valence-corrected chi connectivity index (χ2v) is 6.94. The first-order chi connectivity index (χ1) is 11.5. The second kappa shape index (κ2) is 7.13. The summed E-state index contributed by atoms with van der Waals surface area (Å²) in [5.41, 5.74) is 2.00. The van der Waals surface area contributed by atoms with E-state index in [2.05, 4.69) is 5.32 Å². The minimum Gasteiger partial charge on any atom is -0.448 e. The van der Waals surface area contributed by atoms with Crippen LogP contribution in [0.3, 0.4) is 0 Å². The first-order valence-electron chi connectivity index (χ1n) is 7.87. The molecule has 1 heterocycles. The van der Waals surface area contributed by atoms with Gasteiger partial charge in [-0.1, -0.05) is 12.1 Å². The molecule has 1 N–H and O–H groups in total. The average molecular weight is 347 g/mol. The molecule has 0 saturated heterocycles. The van der Waals surface area contributed by atoms with Crippen molar-refractivity contribution in [1.82, 2.24) is 5.32 Å². The number of hydrogen-bond acceptors (Lipinski definition) is 4. The summed E-state index contributed by atoms with van der Waals surface area (Å²) in [6.45, 7) is 1.80. The maximum Gasteiger partial charge on any atom is 0.349 e. The van der Waals surface area contributed by atoms with E-state index in [1.807, 2.05) is 6.07 Å². The number of esters is 1. The van der Waals surface area contributed by atoms with Gasteiger partial charge in [0, 0.05) is 11.4 Å². The van der Waals surface area contributed by atoms with Crippen LogP contribution in [0.5, 0.6) is 0 Å². The quantitative estimate of drug-likeness (QED) is 0.845. The molecule has 0 bridgehead atoms. The smallest absolute Gasteiger partial charge is 0.349 e. The Balaban J connectivity index is 1.51. The lowest BCUT2D eigenvalue weighted by atomic mass is 10.2. The number of thiophene rings is 1. The van der Waals surface area contributed by atoms with Crippen molar-refractivity contribution in [2.45, 2.75) is 38.8 Å². The Morgan fingerprint density at radius 3 is 2.75 bits per heavy atom. The van der Waals surface area contributed by atoms with Gasteiger partial charge in [-0.3, -0.25) is 4.79 Å². The van der Waals surface area contributed by atoms with Gasteiger partial charge >= 0.3 is 5.97 Å². The molecule has 1 amide bonds. The minimum absolute atomic E-state index is 0.258. The molecule has 126 valence electrons. The maximum absolute atomic E-state index is 12.8. The molecule has 1 aliphatic rings. The lowest BCUT2D eigenvalue weighted by Crippen LogP contribution is -2.35. The predicted molar refractivity (Wildman–Crippen MR) is 89.5 cm³/mol. The number of amides is 1. The lowest BCUT2D eigenvalue weighted by Gasteiger charge is -2.13. The number of halogens is 1. The predicted octanol–water partition coefficient (Wildman–Crippen LogP) is 3.24. The van der Waals surface area contributed by atoms with Gasteiger partial charge in [0.05, 0.1) is 0 Å². The highest BCUT2D eigenvalue weighted by molar-refractivity contribution is 7.14. The third kappa shape index (κ3) is 3.82. The van der Waals surface area contributed by atoms with Crippen LogP contribution in [0.2, 0.25) is 0 Å². The molecule has 6 heteroatoms. The van der Waals surface area contributed by atoms with Crippen molar-refractivity contribution in [3.05, 3.63) is 57.0 Å². The van der Waals surface area contributed by atoms with E-state index in [1.54, 1.807) is 19.1 Å². The molecule has 0 fully saturated rings. The van der Waals surface area contributed by atoms with E-state index in [-0.39, 0.29) is 18.3 Å². The summed E-state index contributed by atoms with van der Waals surface area (Å²) < 4.78 is 18.1. The number of carbonyl (C=O) groups excluding carboxylic acids is 2. The molecular weight excluding hydrogens is 329 g/mol. The normalized spacial score (nSPS) is 14.1. The topological polar surface area (TPSA) is 55.4 Å². The van der Waals surface area contributed by atoms with Crippen molar-refractivity contribution >= 4 is 23.2 Å². The Hall–Kier alpha value is -2.21. The van der Waals surface area contributed by atoms with Gasteiger partial charge in [-0.15, -0.1) is 11.3 Å². The first kappa shape index (κ1) is 16.6. The van der Waals surface area contributed by atoms with Gasteiger partial charge in [0.25, 0.3) is 5.91 Å². The van der Waals surface area contributed by atoms with Crippen LogP contribution in [0.15, 0.2) is 30.3 Å². The molecule has 0 unspecified atom stereocenters. The Kier molecular flexibility index (Phi) is 4.94. The van der Waals surface area contributed by atoms with Crippen molar-refractivity contribution in [3.8, 4) is 0 Å². The highest BCUT2D eigenvalue weighted by Gasteiger charge is 2.23. The molecule has 1 aliphatic carbocycles. The summed E-state index contributed by atoms with van der Waals surface area (Å²) in [5.74, 6) is -1.16. The van der Waals surface area contributed by atoms with Gasteiger partial charge in [-0.25, -0.2) is 9.18 Å².